The van der Waals surface area contributed by atoms with Crippen LogP contribution in [-0.4, -0.2) is 20.6 Å². The van der Waals surface area contributed by atoms with Gasteiger partial charge in [-0.2, -0.15) is 0 Å². The average molecular weight is 321 g/mol. The molecule has 4 nitrogen and oxygen atoms in total. The van der Waals surface area contributed by atoms with E-state index < -0.39 is 0 Å². The molecule has 0 aromatic carbocycles. The van der Waals surface area contributed by atoms with Crippen LogP contribution in [0.5, 0.6) is 0 Å². The Balaban J connectivity index is 1.76. The molecule has 1 saturated carbocycles. The summed E-state index contributed by atoms with van der Waals surface area (Å²) < 4.78 is 3.26. The summed E-state index contributed by atoms with van der Waals surface area (Å²) in [6.07, 6.45) is 8.30. The zero-order chi connectivity index (χ0) is 13.2. The Bertz CT molecular complexity index is 575. The smallest absolute Gasteiger partial charge is 0.106 e. The van der Waals surface area contributed by atoms with E-state index in [2.05, 4.69) is 41.8 Å². The van der Waals surface area contributed by atoms with Crippen molar-refractivity contribution < 1.29 is 0 Å². The van der Waals surface area contributed by atoms with Crippen molar-refractivity contribution in [3.05, 3.63) is 46.2 Å². The highest BCUT2D eigenvalue weighted by atomic mass is 79.9. The maximum Gasteiger partial charge on any atom is 0.106 e. The van der Waals surface area contributed by atoms with Crippen LogP contribution >= 0.6 is 15.9 Å². The predicted octanol–water partition coefficient (Wildman–Crippen LogP) is 2.65. The second kappa shape index (κ2) is 5.43. The molecule has 0 aliphatic heterocycles. The number of hydrogen-bond donors (Lipinski definition) is 1. The molecule has 19 heavy (non-hydrogen) atoms. The number of nitrogens with one attached hydrogen (secondary N) is 1. The summed E-state index contributed by atoms with van der Waals surface area (Å²) in [5.41, 5.74) is 2.42. The van der Waals surface area contributed by atoms with Gasteiger partial charge in [0.1, 0.15) is 5.82 Å². The first kappa shape index (κ1) is 12.8. The second-order valence-corrected chi connectivity index (χ2v) is 5.97. The topological polar surface area (TPSA) is 42.7 Å². The fourth-order valence-corrected chi connectivity index (χ4v) is 2.55. The van der Waals surface area contributed by atoms with Crippen molar-refractivity contribution >= 4 is 15.9 Å². The fraction of sp³-hybridized carbons (Fsp3) is 0.429. The molecule has 0 bridgehead atoms. The third-order valence-electron chi connectivity index (χ3n) is 3.39. The minimum absolute atomic E-state index is 0.719. The van der Waals surface area contributed by atoms with Crippen LogP contribution in [0.2, 0.25) is 0 Å². The van der Waals surface area contributed by atoms with E-state index in [4.69, 9.17) is 0 Å². The van der Waals surface area contributed by atoms with Gasteiger partial charge in [0.25, 0.3) is 0 Å². The minimum Gasteiger partial charge on any atom is -0.327 e. The normalized spacial score (nSPS) is 14.8. The lowest BCUT2D eigenvalue weighted by Gasteiger charge is -2.11. The van der Waals surface area contributed by atoms with Crippen molar-refractivity contribution in [1.29, 1.82) is 0 Å². The van der Waals surface area contributed by atoms with Gasteiger partial charge in [-0.25, -0.2) is 4.98 Å². The molecule has 0 spiro atoms. The predicted molar refractivity (Wildman–Crippen MR) is 77.9 cm³/mol. The number of aromatic nitrogens is 3. The molecule has 1 aliphatic rings. The van der Waals surface area contributed by atoms with Gasteiger partial charge in [0, 0.05) is 35.6 Å². The van der Waals surface area contributed by atoms with Crippen LogP contribution in [0.15, 0.2) is 29.1 Å². The minimum atomic E-state index is 0.719. The van der Waals surface area contributed by atoms with E-state index in [0.717, 1.165) is 29.4 Å². The lowest BCUT2D eigenvalue weighted by atomic mass is 10.3. The van der Waals surface area contributed by atoms with Crippen molar-refractivity contribution in [2.24, 2.45) is 0 Å². The molecule has 100 valence electrons. The number of hydrogen-bond acceptors (Lipinski definition) is 3. The number of aryl methyl sites for hydroxylation is 1. The summed E-state index contributed by atoms with van der Waals surface area (Å²) in [4.78, 5) is 8.64. The average Bonchev–Trinajstić information content (AvgIpc) is 3.15. The van der Waals surface area contributed by atoms with Gasteiger partial charge < -0.3 is 9.88 Å². The lowest BCUT2D eigenvalue weighted by molar-refractivity contribution is 0.626. The highest BCUT2D eigenvalue weighted by Gasteiger charge is 2.20. The van der Waals surface area contributed by atoms with Gasteiger partial charge in [-0.05, 0) is 47.3 Å². The number of nitrogens with zero attached hydrogens (tertiary/aromatic N) is 3. The first-order chi connectivity index (χ1) is 9.22. The SMILES string of the molecule is Cc1ncc(CNC2CC2)n1Cc1cncc(Br)c1. The summed E-state index contributed by atoms with van der Waals surface area (Å²) in [5, 5.41) is 3.54. The molecule has 3 rings (SSSR count). The van der Waals surface area contributed by atoms with Crippen molar-refractivity contribution in [3.8, 4) is 0 Å². The maximum atomic E-state index is 4.42. The highest BCUT2D eigenvalue weighted by molar-refractivity contribution is 9.10. The lowest BCUT2D eigenvalue weighted by Crippen LogP contribution is -2.18. The standard InChI is InChI=1S/C14H17BrN4/c1-10-17-7-14(8-18-13-2-3-13)19(10)9-11-4-12(15)6-16-5-11/h4-7,13,18H,2-3,8-9H2,1H3. The summed E-state index contributed by atoms with van der Waals surface area (Å²) in [6, 6.07) is 2.82. The summed E-state index contributed by atoms with van der Waals surface area (Å²) in [6.45, 7) is 3.76. The highest BCUT2D eigenvalue weighted by Crippen LogP contribution is 2.20. The maximum absolute atomic E-state index is 4.42. The van der Waals surface area contributed by atoms with Crippen LogP contribution < -0.4 is 5.32 Å². The van der Waals surface area contributed by atoms with Gasteiger partial charge in [-0.1, -0.05) is 0 Å². The Morgan fingerprint density at radius 3 is 2.95 bits per heavy atom. The van der Waals surface area contributed by atoms with Crippen molar-refractivity contribution in [2.45, 2.75) is 38.9 Å². The van der Waals surface area contributed by atoms with Crippen molar-refractivity contribution in [3.63, 3.8) is 0 Å². The molecule has 0 radical (unpaired) electrons. The van der Waals surface area contributed by atoms with E-state index in [1.165, 1.54) is 24.1 Å². The van der Waals surface area contributed by atoms with Crippen LogP contribution in [0.1, 0.15) is 29.9 Å². The molecule has 0 atom stereocenters. The van der Waals surface area contributed by atoms with Crippen LogP contribution in [-0.2, 0) is 13.1 Å². The van der Waals surface area contributed by atoms with E-state index in [9.17, 15) is 0 Å². The van der Waals surface area contributed by atoms with Crippen LogP contribution in [0.25, 0.3) is 0 Å². The van der Waals surface area contributed by atoms with E-state index in [-0.39, 0.29) is 0 Å². The van der Waals surface area contributed by atoms with Gasteiger partial charge in [0.05, 0.1) is 12.2 Å². The van der Waals surface area contributed by atoms with Crippen molar-refractivity contribution in [2.75, 3.05) is 0 Å². The Kier molecular flexibility index (Phi) is 3.66. The third kappa shape index (κ3) is 3.22. The Labute approximate surface area is 121 Å². The monoisotopic (exact) mass is 320 g/mol. The Morgan fingerprint density at radius 2 is 2.21 bits per heavy atom. The van der Waals surface area contributed by atoms with Gasteiger partial charge in [-0.3, -0.25) is 4.98 Å². The third-order valence-corrected chi connectivity index (χ3v) is 3.82. The molecule has 0 amide bonds. The zero-order valence-electron chi connectivity index (χ0n) is 10.9. The van der Waals surface area contributed by atoms with Gasteiger partial charge >= 0.3 is 0 Å². The first-order valence-corrected chi connectivity index (χ1v) is 7.35. The Hall–Kier alpha value is -1.20. The van der Waals surface area contributed by atoms with Gasteiger partial charge in [0.15, 0.2) is 0 Å². The molecule has 2 aromatic rings. The van der Waals surface area contributed by atoms with E-state index in [1.54, 1.807) is 6.20 Å². The zero-order valence-corrected chi connectivity index (χ0v) is 12.5. The number of rotatable bonds is 5. The first-order valence-electron chi connectivity index (χ1n) is 6.56. The molecular weight excluding hydrogens is 304 g/mol. The number of halogens is 1. The van der Waals surface area contributed by atoms with Gasteiger partial charge in [-0.15, -0.1) is 0 Å². The van der Waals surface area contributed by atoms with Gasteiger partial charge in [0.2, 0.25) is 0 Å². The molecule has 2 heterocycles. The van der Waals surface area contributed by atoms with Crippen LogP contribution in [0.3, 0.4) is 0 Å². The Morgan fingerprint density at radius 1 is 1.37 bits per heavy atom. The molecule has 0 saturated heterocycles. The molecule has 2 aromatic heterocycles. The summed E-state index contributed by atoms with van der Waals surface area (Å²) in [7, 11) is 0. The molecule has 1 fully saturated rings. The largest absolute Gasteiger partial charge is 0.327 e. The quantitative estimate of drug-likeness (QED) is 0.921. The van der Waals surface area contributed by atoms with E-state index >= 15 is 0 Å². The number of imidazole rings is 1. The van der Waals surface area contributed by atoms with Crippen LogP contribution in [0, 0.1) is 6.92 Å². The van der Waals surface area contributed by atoms with E-state index in [0.29, 0.717) is 0 Å². The molecular formula is C14H17BrN4. The molecule has 0 unspecified atom stereocenters. The molecule has 1 aliphatic carbocycles. The van der Waals surface area contributed by atoms with Crippen molar-refractivity contribution in [1.82, 2.24) is 19.9 Å². The fourth-order valence-electron chi connectivity index (χ4n) is 2.13. The molecule has 1 N–H and O–H groups in total. The summed E-state index contributed by atoms with van der Waals surface area (Å²) >= 11 is 3.46. The summed E-state index contributed by atoms with van der Waals surface area (Å²) in [5.74, 6) is 1.05. The number of pyridine rings is 1. The second-order valence-electron chi connectivity index (χ2n) is 5.05. The van der Waals surface area contributed by atoms with Crippen LogP contribution in [0.4, 0.5) is 0 Å². The van der Waals surface area contributed by atoms with E-state index in [1.807, 2.05) is 19.3 Å². The molecule has 5 heteroatoms.